The molecule has 1 aliphatic rings. The zero-order valence-electron chi connectivity index (χ0n) is 25.1. The van der Waals surface area contributed by atoms with Crippen LogP contribution < -0.4 is 20.1 Å². The number of carbonyl (C=O) groups excluding carboxylic acids is 2. The van der Waals surface area contributed by atoms with Crippen LogP contribution in [0, 0.1) is 11.8 Å². The Kier molecular flexibility index (Phi) is 11.2. The Morgan fingerprint density at radius 2 is 1.86 bits per heavy atom. The number of hydrogen-bond acceptors (Lipinski definition) is 8. The van der Waals surface area contributed by atoms with Crippen molar-refractivity contribution in [2.45, 2.75) is 20.3 Å². The quantitative estimate of drug-likeness (QED) is 0.208. The van der Waals surface area contributed by atoms with Crippen molar-refractivity contribution in [1.82, 2.24) is 20.1 Å². The molecule has 0 atom stereocenters. The fourth-order valence-electron chi connectivity index (χ4n) is 4.47. The molecule has 2 N–H and O–H groups in total. The van der Waals surface area contributed by atoms with E-state index in [1.165, 1.54) is 0 Å². The van der Waals surface area contributed by atoms with Gasteiger partial charge in [0.1, 0.15) is 29.7 Å². The normalized spacial score (nSPS) is 14.3. The van der Waals surface area contributed by atoms with Crippen molar-refractivity contribution in [2.24, 2.45) is 4.99 Å². The van der Waals surface area contributed by atoms with Crippen LogP contribution in [-0.2, 0) is 4.79 Å². The van der Waals surface area contributed by atoms with E-state index >= 15 is 0 Å². The molecule has 0 aliphatic carbocycles. The van der Waals surface area contributed by atoms with Crippen LogP contribution in [0.25, 0.3) is 10.9 Å². The third-order valence-corrected chi connectivity index (χ3v) is 6.89. The number of rotatable bonds is 10. The van der Waals surface area contributed by atoms with Gasteiger partial charge in [-0.25, -0.2) is 0 Å². The summed E-state index contributed by atoms with van der Waals surface area (Å²) in [5.74, 6) is 6.51. The summed E-state index contributed by atoms with van der Waals surface area (Å²) in [6.45, 7) is 8.91. The van der Waals surface area contributed by atoms with Gasteiger partial charge in [-0.2, -0.15) is 0 Å². The summed E-state index contributed by atoms with van der Waals surface area (Å²) in [5.41, 5.74) is 1.60. The van der Waals surface area contributed by atoms with E-state index < -0.39 is 5.91 Å². The Morgan fingerprint density at radius 1 is 1.09 bits per heavy atom. The number of amides is 2. The number of amidine groups is 1. The number of nitrogens with zero attached hydrogens (tertiary/aromatic N) is 4. The predicted molar refractivity (Wildman–Crippen MR) is 170 cm³/mol. The average molecular weight is 583 g/mol. The van der Waals surface area contributed by atoms with Crippen LogP contribution in [0.4, 0.5) is 5.69 Å². The maximum Gasteiger partial charge on any atom is 0.300 e. The number of allylic oxidation sites excluding steroid dienone is 1. The van der Waals surface area contributed by atoms with E-state index in [1.54, 1.807) is 68.7 Å². The first kappa shape index (κ1) is 31.2. The van der Waals surface area contributed by atoms with Gasteiger partial charge in [0.2, 0.25) is 0 Å². The SMILES string of the molecule is CC#CC(=O)Nc1cc2c(Oc3ccc(C(=O)NC(/C=C\CC)=NC)cc3)ccnc2cc1OCCN1CCN(C)CC1. The molecule has 1 saturated heterocycles. The zero-order chi connectivity index (χ0) is 30.6. The number of nitrogens with one attached hydrogen (secondary N) is 2. The number of anilines is 1. The number of aromatic nitrogens is 1. The predicted octanol–water partition coefficient (Wildman–Crippen LogP) is 4.34. The summed E-state index contributed by atoms with van der Waals surface area (Å²) in [5, 5.41) is 6.32. The number of carbonyl (C=O) groups is 2. The maximum atomic E-state index is 12.7. The van der Waals surface area contributed by atoms with Crippen LogP contribution in [0.5, 0.6) is 17.2 Å². The first-order valence-corrected chi connectivity index (χ1v) is 14.3. The minimum Gasteiger partial charge on any atom is -0.490 e. The van der Waals surface area contributed by atoms with Gasteiger partial charge in [-0.3, -0.25) is 24.5 Å². The molecule has 10 heteroatoms. The van der Waals surface area contributed by atoms with Gasteiger partial charge in [0, 0.05) is 63.0 Å². The molecule has 4 rings (SSSR count). The molecule has 0 spiro atoms. The molecule has 2 amide bonds. The summed E-state index contributed by atoms with van der Waals surface area (Å²) < 4.78 is 12.4. The lowest BCUT2D eigenvalue weighted by molar-refractivity contribution is -0.111. The number of benzene rings is 2. The summed E-state index contributed by atoms with van der Waals surface area (Å²) in [7, 11) is 3.75. The Balaban J connectivity index is 1.52. The average Bonchev–Trinajstić information content (AvgIpc) is 3.01. The van der Waals surface area contributed by atoms with E-state index in [0.717, 1.165) is 39.1 Å². The van der Waals surface area contributed by atoms with E-state index in [2.05, 4.69) is 49.3 Å². The number of hydrogen-bond donors (Lipinski definition) is 2. The van der Waals surface area contributed by atoms with Crippen LogP contribution in [0.15, 0.2) is 65.8 Å². The molecule has 10 nitrogen and oxygen atoms in total. The van der Waals surface area contributed by atoms with Crippen molar-refractivity contribution >= 4 is 34.2 Å². The molecule has 2 aromatic carbocycles. The highest BCUT2D eigenvalue weighted by molar-refractivity contribution is 6.10. The number of fused-ring (bicyclic) bond motifs is 1. The van der Waals surface area contributed by atoms with Gasteiger partial charge in [-0.05, 0) is 68.8 Å². The number of piperazine rings is 1. The highest BCUT2D eigenvalue weighted by Crippen LogP contribution is 2.36. The van der Waals surface area contributed by atoms with Crippen molar-refractivity contribution in [2.75, 3.05) is 58.7 Å². The summed E-state index contributed by atoms with van der Waals surface area (Å²) >= 11 is 0. The van der Waals surface area contributed by atoms with Gasteiger partial charge in [0.25, 0.3) is 11.8 Å². The Hall–Kier alpha value is -4.72. The number of aliphatic imine (C=N–C) groups is 1. The molecule has 43 heavy (non-hydrogen) atoms. The van der Waals surface area contributed by atoms with E-state index in [-0.39, 0.29) is 5.91 Å². The van der Waals surface area contributed by atoms with E-state index in [0.29, 0.717) is 51.8 Å². The molecule has 3 aromatic rings. The van der Waals surface area contributed by atoms with Crippen LogP contribution in [-0.4, -0.2) is 85.9 Å². The van der Waals surface area contributed by atoms with Gasteiger partial charge in [-0.1, -0.05) is 18.9 Å². The van der Waals surface area contributed by atoms with Crippen LogP contribution in [0.1, 0.15) is 30.6 Å². The third kappa shape index (κ3) is 8.88. The van der Waals surface area contributed by atoms with E-state index in [9.17, 15) is 9.59 Å². The lowest BCUT2D eigenvalue weighted by Crippen LogP contribution is -2.45. The minimum atomic E-state index is -0.438. The highest BCUT2D eigenvalue weighted by atomic mass is 16.5. The van der Waals surface area contributed by atoms with E-state index in [1.807, 2.05) is 13.0 Å². The Bertz CT molecular complexity index is 1550. The van der Waals surface area contributed by atoms with Crippen molar-refractivity contribution < 1.29 is 19.1 Å². The molecule has 1 aromatic heterocycles. The fraction of sp³-hybridized carbons (Fsp3) is 0.333. The molecule has 1 aliphatic heterocycles. The third-order valence-electron chi connectivity index (χ3n) is 6.89. The molecular formula is C33H38N6O4. The zero-order valence-corrected chi connectivity index (χ0v) is 25.1. The van der Waals surface area contributed by atoms with E-state index in [4.69, 9.17) is 9.47 Å². The van der Waals surface area contributed by atoms with Crippen LogP contribution in [0.2, 0.25) is 0 Å². The van der Waals surface area contributed by atoms with Gasteiger partial charge in [0.15, 0.2) is 0 Å². The number of ether oxygens (including phenoxy) is 2. The second kappa shape index (κ2) is 15.5. The summed E-state index contributed by atoms with van der Waals surface area (Å²) in [6.07, 6.45) is 6.20. The molecule has 0 radical (unpaired) electrons. The van der Waals surface area contributed by atoms with Crippen LogP contribution >= 0.6 is 0 Å². The van der Waals surface area contributed by atoms with Crippen molar-refractivity contribution in [1.29, 1.82) is 0 Å². The standard InChI is InChI=1S/C33H38N6O4/c1-5-7-9-31(34-3)37-33(41)24-10-12-25(13-11-24)43-29-14-15-35-27-23-30(28(22-26(27)29)36-32(40)8-6-2)42-21-20-39-18-16-38(4)17-19-39/h7,9-15,22-23H,5,16-21H2,1-4H3,(H,36,40)(H,34,37,41)/b9-7-. The maximum absolute atomic E-state index is 12.7. The van der Waals surface area contributed by atoms with Crippen molar-refractivity contribution in [3.63, 3.8) is 0 Å². The summed E-state index contributed by atoms with van der Waals surface area (Å²) in [4.78, 5) is 38.4. The summed E-state index contributed by atoms with van der Waals surface area (Å²) in [6, 6.07) is 12.2. The molecule has 0 bridgehead atoms. The molecule has 2 heterocycles. The lowest BCUT2D eigenvalue weighted by atomic mass is 10.1. The van der Waals surface area contributed by atoms with Crippen LogP contribution in [0.3, 0.4) is 0 Å². The number of likely N-dealkylation sites (N-methyl/N-ethyl adjacent to an activating group) is 1. The van der Waals surface area contributed by atoms with Gasteiger partial charge >= 0.3 is 0 Å². The Morgan fingerprint density at radius 3 is 2.56 bits per heavy atom. The Labute approximate surface area is 252 Å². The molecule has 0 unspecified atom stereocenters. The molecule has 0 saturated carbocycles. The monoisotopic (exact) mass is 582 g/mol. The second-order valence-electron chi connectivity index (χ2n) is 10.00. The van der Waals surface area contributed by atoms with Crippen molar-refractivity contribution in [3.8, 4) is 29.1 Å². The molecule has 1 fully saturated rings. The number of pyridine rings is 1. The first-order chi connectivity index (χ1) is 20.9. The highest BCUT2D eigenvalue weighted by Gasteiger charge is 2.16. The lowest BCUT2D eigenvalue weighted by Gasteiger charge is -2.32. The second-order valence-corrected chi connectivity index (χ2v) is 10.00. The molecule has 224 valence electrons. The molecular weight excluding hydrogens is 544 g/mol. The smallest absolute Gasteiger partial charge is 0.300 e. The van der Waals surface area contributed by atoms with Gasteiger partial charge in [-0.15, -0.1) is 0 Å². The minimum absolute atomic E-state index is 0.266. The fourth-order valence-corrected chi connectivity index (χ4v) is 4.47. The van der Waals surface area contributed by atoms with Gasteiger partial charge < -0.3 is 25.0 Å². The largest absolute Gasteiger partial charge is 0.490 e. The van der Waals surface area contributed by atoms with Gasteiger partial charge in [0.05, 0.1) is 11.2 Å². The van der Waals surface area contributed by atoms with Crippen molar-refractivity contribution in [3.05, 3.63) is 66.4 Å². The first-order valence-electron chi connectivity index (χ1n) is 14.3. The topological polar surface area (TPSA) is 108 Å².